The number of rotatable bonds is 3. The number of hydrogen-bond donors (Lipinski definition) is 0. The van der Waals surface area contributed by atoms with Crippen molar-refractivity contribution in [1.82, 2.24) is 4.90 Å². The Morgan fingerprint density at radius 2 is 1.61 bits per heavy atom. The number of hydrogen-bond acceptors (Lipinski definition) is 5. The number of benzene rings is 2. The minimum Gasteiger partial charge on any atom is -0.476 e. The highest BCUT2D eigenvalue weighted by Crippen LogP contribution is 2.39. The molecule has 8 heteroatoms. The topological polar surface area (TPSA) is 76.2 Å². The standard InChI is InChI=1S/C23H28N2O5S/c1-15-13-16(2)18(4)22(17(15)3)31(27,28)25-14-21(23(26)24-9-11-29-12-10-24)30-20-8-6-5-7-19(20)25/h5-8,13,21H,9-12,14H2,1-4H3. The van der Waals surface area contributed by atoms with Crippen molar-refractivity contribution < 1.29 is 22.7 Å². The van der Waals surface area contributed by atoms with Gasteiger partial charge in [-0.3, -0.25) is 9.10 Å². The van der Waals surface area contributed by atoms with Gasteiger partial charge >= 0.3 is 0 Å². The lowest BCUT2D eigenvalue weighted by Gasteiger charge is -2.38. The van der Waals surface area contributed by atoms with E-state index in [1.165, 1.54) is 4.31 Å². The van der Waals surface area contributed by atoms with E-state index in [1.54, 1.807) is 29.2 Å². The average molecular weight is 445 g/mol. The third-order valence-corrected chi connectivity index (χ3v) is 8.23. The van der Waals surface area contributed by atoms with E-state index in [9.17, 15) is 13.2 Å². The predicted molar refractivity (Wildman–Crippen MR) is 118 cm³/mol. The molecule has 0 aromatic heterocycles. The third-order valence-electron chi connectivity index (χ3n) is 6.18. The van der Waals surface area contributed by atoms with Crippen molar-refractivity contribution in [3.05, 3.63) is 52.6 Å². The van der Waals surface area contributed by atoms with Crippen LogP contribution in [0.2, 0.25) is 0 Å². The Kier molecular flexibility index (Phi) is 5.70. The minimum atomic E-state index is -3.92. The van der Waals surface area contributed by atoms with Crippen molar-refractivity contribution in [3.8, 4) is 5.75 Å². The molecule has 1 saturated heterocycles. The van der Waals surface area contributed by atoms with Crippen LogP contribution in [0.25, 0.3) is 0 Å². The first-order valence-corrected chi connectivity index (χ1v) is 11.9. The molecule has 1 atom stereocenters. The number of carbonyl (C=O) groups excluding carboxylic acids is 1. The monoisotopic (exact) mass is 444 g/mol. The normalized spacial score (nSPS) is 19.0. The lowest BCUT2D eigenvalue weighted by atomic mass is 10.0. The van der Waals surface area contributed by atoms with E-state index in [-0.39, 0.29) is 12.5 Å². The molecular weight excluding hydrogens is 416 g/mol. The summed E-state index contributed by atoms with van der Waals surface area (Å²) < 4.78 is 40.6. The maximum Gasteiger partial charge on any atom is 0.265 e. The SMILES string of the molecule is Cc1cc(C)c(C)c(S(=O)(=O)N2CC(C(=O)N3CCOCC3)Oc3ccccc32)c1C. The number of sulfonamides is 1. The third kappa shape index (κ3) is 3.78. The fourth-order valence-electron chi connectivity index (χ4n) is 4.22. The summed E-state index contributed by atoms with van der Waals surface area (Å²) in [5.41, 5.74) is 3.74. The van der Waals surface area contributed by atoms with Gasteiger partial charge in [-0.25, -0.2) is 8.42 Å². The van der Waals surface area contributed by atoms with Crippen LogP contribution in [0.3, 0.4) is 0 Å². The first-order chi connectivity index (χ1) is 14.7. The average Bonchev–Trinajstić information content (AvgIpc) is 2.77. The van der Waals surface area contributed by atoms with Gasteiger partial charge in [-0.2, -0.15) is 0 Å². The lowest BCUT2D eigenvalue weighted by molar-refractivity contribution is -0.142. The van der Waals surface area contributed by atoms with Crippen LogP contribution in [0, 0.1) is 27.7 Å². The second-order valence-electron chi connectivity index (χ2n) is 8.14. The summed E-state index contributed by atoms with van der Waals surface area (Å²) in [6, 6.07) is 8.98. The zero-order valence-corrected chi connectivity index (χ0v) is 19.2. The first kappa shape index (κ1) is 21.6. The van der Waals surface area contributed by atoms with Gasteiger partial charge in [0.05, 0.1) is 30.3 Å². The Morgan fingerprint density at radius 1 is 1.00 bits per heavy atom. The minimum absolute atomic E-state index is 0.0680. The quantitative estimate of drug-likeness (QED) is 0.728. The Balaban J connectivity index is 1.79. The number of ether oxygens (including phenoxy) is 2. The van der Waals surface area contributed by atoms with Crippen LogP contribution < -0.4 is 9.04 Å². The van der Waals surface area contributed by atoms with Crippen molar-refractivity contribution in [2.24, 2.45) is 0 Å². The summed E-state index contributed by atoms with van der Waals surface area (Å²) in [5.74, 6) is 0.176. The van der Waals surface area contributed by atoms with Crippen LogP contribution in [-0.4, -0.2) is 58.2 Å². The first-order valence-electron chi connectivity index (χ1n) is 10.4. The molecule has 1 unspecified atom stereocenters. The Morgan fingerprint density at radius 3 is 2.26 bits per heavy atom. The van der Waals surface area contributed by atoms with Crippen LogP contribution in [0.5, 0.6) is 5.75 Å². The maximum absolute atomic E-state index is 14.0. The summed E-state index contributed by atoms with van der Waals surface area (Å²) in [4.78, 5) is 15.1. The molecule has 0 bridgehead atoms. The highest BCUT2D eigenvalue weighted by molar-refractivity contribution is 7.93. The molecular formula is C23H28N2O5S. The van der Waals surface area contributed by atoms with Crippen molar-refractivity contribution >= 4 is 21.6 Å². The molecule has 2 aromatic carbocycles. The number of aryl methyl sites for hydroxylation is 2. The molecule has 2 aromatic rings. The molecule has 0 aliphatic carbocycles. The molecule has 0 spiro atoms. The van der Waals surface area contributed by atoms with Gasteiger partial charge in [0.25, 0.3) is 15.9 Å². The fourth-order valence-corrected chi connectivity index (χ4v) is 6.28. The Labute approximate surface area is 183 Å². The smallest absolute Gasteiger partial charge is 0.265 e. The molecule has 0 saturated carbocycles. The molecule has 0 radical (unpaired) electrons. The Bertz CT molecular complexity index is 1100. The molecule has 7 nitrogen and oxygen atoms in total. The highest BCUT2D eigenvalue weighted by atomic mass is 32.2. The summed E-state index contributed by atoms with van der Waals surface area (Å²) >= 11 is 0. The number of morpholine rings is 1. The second kappa shape index (κ2) is 8.16. The van der Waals surface area contributed by atoms with Crippen LogP contribution in [0.4, 0.5) is 5.69 Å². The number of para-hydroxylation sites is 2. The van der Waals surface area contributed by atoms with E-state index in [0.717, 1.165) is 22.3 Å². The fraction of sp³-hybridized carbons (Fsp3) is 0.435. The largest absolute Gasteiger partial charge is 0.476 e. The lowest BCUT2D eigenvalue weighted by Crippen LogP contribution is -2.54. The van der Waals surface area contributed by atoms with E-state index in [2.05, 4.69) is 0 Å². The van der Waals surface area contributed by atoms with Gasteiger partial charge < -0.3 is 14.4 Å². The van der Waals surface area contributed by atoms with E-state index in [1.807, 2.05) is 33.8 Å². The van der Waals surface area contributed by atoms with E-state index in [4.69, 9.17) is 9.47 Å². The highest BCUT2D eigenvalue weighted by Gasteiger charge is 2.40. The number of amides is 1. The van der Waals surface area contributed by atoms with Crippen molar-refractivity contribution in [3.63, 3.8) is 0 Å². The Hall–Kier alpha value is -2.58. The van der Waals surface area contributed by atoms with Crippen molar-refractivity contribution in [2.45, 2.75) is 38.7 Å². The van der Waals surface area contributed by atoms with E-state index < -0.39 is 16.1 Å². The van der Waals surface area contributed by atoms with Gasteiger partial charge in [0, 0.05) is 13.1 Å². The van der Waals surface area contributed by atoms with E-state index in [0.29, 0.717) is 42.6 Å². The molecule has 31 heavy (non-hydrogen) atoms. The predicted octanol–water partition coefficient (Wildman–Crippen LogP) is 2.74. The summed E-state index contributed by atoms with van der Waals surface area (Å²) in [7, 11) is -3.92. The molecule has 2 aliphatic rings. The summed E-state index contributed by atoms with van der Waals surface area (Å²) in [6.45, 7) is 9.31. The number of carbonyl (C=O) groups is 1. The zero-order valence-electron chi connectivity index (χ0n) is 18.3. The summed E-state index contributed by atoms with van der Waals surface area (Å²) in [5, 5.41) is 0. The molecule has 0 N–H and O–H groups in total. The van der Waals surface area contributed by atoms with Gasteiger partial charge in [-0.1, -0.05) is 18.2 Å². The van der Waals surface area contributed by atoms with Crippen molar-refractivity contribution in [2.75, 3.05) is 37.2 Å². The zero-order chi connectivity index (χ0) is 22.3. The number of anilines is 1. The van der Waals surface area contributed by atoms with Gasteiger partial charge in [-0.05, 0) is 62.1 Å². The van der Waals surface area contributed by atoms with Crippen LogP contribution in [0.15, 0.2) is 35.2 Å². The van der Waals surface area contributed by atoms with Crippen LogP contribution in [0.1, 0.15) is 22.3 Å². The molecule has 1 fully saturated rings. The molecule has 2 heterocycles. The van der Waals surface area contributed by atoms with Gasteiger partial charge in [0.2, 0.25) is 0 Å². The van der Waals surface area contributed by atoms with Gasteiger partial charge in [0.15, 0.2) is 6.10 Å². The van der Waals surface area contributed by atoms with Crippen molar-refractivity contribution in [1.29, 1.82) is 0 Å². The van der Waals surface area contributed by atoms with E-state index >= 15 is 0 Å². The molecule has 166 valence electrons. The number of nitrogens with zero attached hydrogens (tertiary/aromatic N) is 2. The van der Waals surface area contributed by atoms with Crippen LogP contribution >= 0.6 is 0 Å². The van der Waals surface area contributed by atoms with Gasteiger partial charge in [-0.15, -0.1) is 0 Å². The van der Waals surface area contributed by atoms with Crippen LogP contribution in [-0.2, 0) is 19.6 Å². The maximum atomic E-state index is 14.0. The molecule has 1 amide bonds. The molecule has 2 aliphatic heterocycles. The van der Waals surface area contributed by atoms with Gasteiger partial charge in [0.1, 0.15) is 5.75 Å². The summed E-state index contributed by atoms with van der Waals surface area (Å²) in [6.07, 6.45) is -0.908. The molecule has 4 rings (SSSR count). The second-order valence-corrected chi connectivity index (χ2v) is 9.94. The number of fused-ring (bicyclic) bond motifs is 1.